The molecule has 0 N–H and O–H groups in total. The van der Waals surface area contributed by atoms with Gasteiger partial charge in [-0.25, -0.2) is 0 Å². The van der Waals surface area contributed by atoms with Crippen LogP contribution in [0.2, 0.25) is 5.02 Å². The van der Waals surface area contributed by atoms with Gasteiger partial charge in [-0.15, -0.1) is 0 Å². The molecule has 0 amide bonds. The number of hydrogen-bond acceptors (Lipinski definition) is 1. The van der Waals surface area contributed by atoms with E-state index in [4.69, 9.17) is 11.6 Å². The maximum absolute atomic E-state index is 6.57. The van der Waals surface area contributed by atoms with E-state index in [0.717, 1.165) is 10.9 Å². The number of benzene rings is 2. The maximum atomic E-state index is 6.57. The average molecular weight is 378 g/mol. The first-order valence-corrected chi connectivity index (χ1v) is 11.1. The zero-order chi connectivity index (χ0) is 18.2. The molecule has 140 valence electrons. The fourth-order valence-corrected chi connectivity index (χ4v) is 6.63. The van der Waals surface area contributed by atoms with Gasteiger partial charge in [-0.1, -0.05) is 48.9 Å². The van der Waals surface area contributed by atoms with Crippen molar-refractivity contribution in [2.24, 2.45) is 11.3 Å². The number of likely N-dealkylation sites (tertiary alicyclic amines) is 1. The van der Waals surface area contributed by atoms with Gasteiger partial charge in [0.1, 0.15) is 0 Å². The fourth-order valence-electron chi connectivity index (χ4n) is 6.30. The summed E-state index contributed by atoms with van der Waals surface area (Å²) in [7, 11) is 0. The molecule has 2 aromatic rings. The third-order valence-corrected chi connectivity index (χ3v) is 7.95. The first-order chi connectivity index (χ1) is 13.1. The summed E-state index contributed by atoms with van der Waals surface area (Å²) >= 11 is 6.57. The van der Waals surface area contributed by atoms with Crippen molar-refractivity contribution in [3.05, 3.63) is 58.1 Å². The Morgan fingerprint density at radius 1 is 0.926 bits per heavy atom. The summed E-state index contributed by atoms with van der Waals surface area (Å²) < 4.78 is 0. The van der Waals surface area contributed by atoms with Crippen LogP contribution in [0.4, 0.5) is 0 Å². The molecule has 2 saturated carbocycles. The van der Waals surface area contributed by atoms with E-state index in [1.165, 1.54) is 68.3 Å². The van der Waals surface area contributed by atoms with Gasteiger partial charge in [-0.05, 0) is 89.7 Å². The summed E-state index contributed by atoms with van der Waals surface area (Å²) in [6.45, 7) is 5.08. The predicted molar refractivity (Wildman–Crippen MR) is 112 cm³/mol. The second-order valence-electron chi connectivity index (χ2n) is 9.90. The standard InChI is InChI=1S/C25H28ClN/c1-16-12-25(13-16)14-27(15-25)24-9-6-20-10-18(5-8-22(20)24)19-4-7-21(17-2-3-17)23(26)11-19/h4-5,7-8,10-11,16-17,24H,2-3,6,9,12-15H2,1H3. The summed E-state index contributed by atoms with van der Waals surface area (Å²) in [6.07, 6.45) is 8.04. The first kappa shape index (κ1) is 16.6. The van der Waals surface area contributed by atoms with Gasteiger partial charge in [-0.3, -0.25) is 4.90 Å². The smallest absolute Gasteiger partial charge is 0.0446 e. The summed E-state index contributed by atoms with van der Waals surface area (Å²) in [4.78, 5) is 2.75. The van der Waals surface area contributed by atoms with Crippen LogP contribution in [0.1, 0.15) is 67.7 Å². The lowest BCUT2D eigenvalue weighted by molar-refractivity contribution is -0.109. The average Bonchev–Trinajstić information content (AvgIpc) is 3.36. The Morgan fingerprint density at radius 3 is 2.30 bits per heavy atom. The third-order valence-electron chi connectivity index (χ3n) is 7.62. The first-order valence-electron chi connectivity index (χ1n) is 10.8. The highest BCUT2D eigenvalue weighted by Crippen LogP contribution is 2.55. The maximum Gasteiger partial charge on any atom is 0.0446 e. The number of aryl methyl sites for hydroxylation is 1. The van der Waals surface area contributed by atoms with Crippen LogP contribution in [0.25, 0.3) is 11.1 Å². The summed E-state index contributed by atoms with van der Waals surface area (Å²) in [5, 5.41) is 0.953. The van der Waals surface area contributed by atoms with Crippen molar-refractivity contribution in [1.82, 2.24) is 4.90 Å². The van der Waals surface area contributed by atoms with E-state index >= 15 is 0 Å². The quantitative estimate of drug-likeness (QED) is 0.582. The Hall–Kier alpha value is -1.31. The fraction of sp³-hybridized carbons (Fsp3) is 0.520. The number of rotatable bonds is 3. The second kappa shape index (κ2) is 5.84. The minimum atomic E-state index is 0.663. The number of hydrogen-bond donors (Lipinski definition) is 0. The molecular formula is C25H28ClN. The molecule has 0 bridgehead atoms. The highest BCUT2D eigenvalue weighted by Gasteiger charge is 2.52. The lowest BCUT2D eigenvalue weighted by Crippen LogP contribution is -2.62. The van der Waals surface area contributed by atoms with Gasteiger partial charge >= 0.3 is 0 Å². The molecule has 0 aromatic heterocycles. The van der Waals surface area contributed by atoms with Gasteiger partial charge in [0, 0.05) is 24.2 Å². The highest BCUT2D eigenvalue weighted by atomic mass is 35.5. The molecule has 0 radical (unpaired) electrons. The van der Waals surface area contributed by atoms with E-state index in [1.807, 2.05) is 0 Å². The van der Waals surface area contributed by atoms with Crippen LogP contribution in [-0.2, 0) is 6.42 Å². The Labute approximate surface area is 167 Å². The van der Waals surface area contributed by atoms with Crippen LogP contribution >= 0.6 is 11.6 Å². The summed E-state index contributed by atoms with van der Waals surface area (Å²) in [5.41, 5.74) is 7.78. The molecular weight excluding hydrogens is 350 g/mol. The van der Waals surface area contributed by atoms with Crippen molar-refractivity contribution in [2.45, 2.75) is 57.4 Å². The van der Waals surface area contributed by atoms with Crippen molar-refractivity contribution >= 4 is 11.6 Å². The van der Waals surface area contributed by atoms with Crippen LogP contribution in [0.3, 0.4) is 0 Å². The van der Waals surface area contributed by atoms with Crippen molar-refractivity contribution in [2.75, 3.05) is 13.1 Å². The molecule has 2 aromatic carbocycles. The number of fused-ring (bicyclic) bond motifs is 1. The lowest BCUT2D eigenvalue weighted by atomic mass is 9.58. The normalized spacial score (nSPS) is 26.7. The SMILES string of the molecule is CC1CC2(C1)CN(C1CCc3cc(-c4ccc(C5CC5)c(Cl)c4)ccc31)C2. The molecule has 1 nitrogen and oxygen atoms in total. The van der Waals surface area contributed by atoms with E-state index in [2.05, 4.69) is 48.2 Å². The van der Waals surface area contributed by atoms with Crippen LogP contribution in [0, 0.1) is 11.3 Å². The Morgan fingerprint density at radius 2 is 1.63 bits per heavy atom. The van der Waals surface area contributed by atoms with E-state index < -0.39 is 0 Å². The van der Waals surface area contributed by atoms with E-state index in [1.54, 1.807) is 11.1 Å². The second-order valence-corrected chi connectivity index (χ2v) is 10.3. The largest absolute Gasteiger partial charge is 0.295 e. The molecule has 1 unspecified atom stereocenters. The molecule has 2 heteroatoms. The number of halogens is 1. The summed E-state index contributed by atoms with van der Waals surface area (Å²) in [5.74, 6) is 1.68. The summed E-state index contributed by atoms with van der Waals surface area (Å²) in [6, 6.07) is 14.5. The highest BCUT2D eigenvalue weighted by molar-refractivity contribution is 6.31. The van der Waals surface area contributed by atoms with Crippen LogP contribution in [-0.4, -0.2) is 18.0 Å². The van der Waals surface area contributed by atoms with Crippen LogP contribution in [0.15, 0.2) is 36.4 Å². The lowest BCUT2D eigenvalue weighted by Gasteiger charge is -2.60. The van der Waals surface area contributed by atoms with Gasteiger partial charge in [0.2, 0.25) is 0 Å². The van der Waals surface area contributed by atoms with E-state index in [-0.39, 0.29) is 0 Å². The molecule has 3 aliphatic carbocycles. The van der Waals surface area contributed by atoms with Crippen LogP contribution in [0.5, 0.6) is 0 Å². The minimum absolute atomic E-state index is 0.663. The molecule has 1 spiro atoms. The Bertz CT molecular complexity index is 899. The zero-order valence-electron chi connectivity index (χ0n) is 16.2. The van der Waals surface area contributed by atoms with Gasteiger partial charge in [0.05, 0.1) is 0 Å². The molecule has 1 heterocycles. The molecule has 27 heavy (non-hydrogen) atoms. The third kappa shape index (κ3) is 2.69. The van der Waals surface area contributed by atoms with E-state index in [9.17, 15) is 0 Å². The molecule has 4 aliphatic rings. The van der Waals surface area contributed by atoms with Crippen molar-refractivity contribution in [3.8, 4) is 11.1 Å². The van der Waals surface area contributed by atoms with Crippen molar-refractivity contribution < 1.29 is 0 Å². The molecule has 1 atom stereocenters. The van der Waals surface area contributed by atoms with Gasteiger partial charge in [0.25, 0.3) is 0 Å². The molecule has 6 rings (SSSR count). The molecule has 1 saturated heterocycles. The minimum Gasteiger partial charge on any atom is -0.295 e. The van der Waals surface area contributed by atoms with Crippen molar-refractivity contribution in [1.29, 1.82) is 0 Å². The van der Waals surface area contributed by atoms with Crippen LogP contribution < -0.4 is 0 Å². The van der Waals surface area contributed by atoms with Gasteiger partial charge in [-0.2, -0.15) is 0 Å². The Kier molecular flexibility index (Phi) is 3.60. The number of nitrogens with zero attached hydrogens (tertiary/aromatic N) is 1. The van der Waals surface area contributed by atoms with Gasteiger partial charge < -0.3 is 0 Å². The molecule has 3 fully saturated rings. The van der Waals surface area contributed by atoms with Crippen molar-refractivity contribution in [3.63, 3.8) is 0 Å². The monoisotopic (exact) mass is 377 g/mol. The molecule has 1 aliphatic heterocycles. The Balaban J connectivity index is 1.22. The van der Waals surface area contributed by atoms with E-state index in [0.29, 0.717) is 17.4 Å². The topological polar surface area (TPSA) is 3.24 Å². The zero-order valence-corrected chi connectivity index (χ0v) is 16.9. The predicted octanol–water partition coefficient (Wildman–Crippen LogP) is 6.60. The van der Waals surface area contributed by atoms with Gasteiger partial charge in [0.15, 0.2) is 0 Å².